The summed E-state index contributed by atoms with van der Waals surface area (Å²) in [5.41, 5.74) is -0.0329. The van der Waals surface area contributed by atoms with E-state index >= 15 is 0 Å². The summed E-state index contributed by atoms with van der Waals surface area (Å²) < 4.78 is 28.8. The number of rotatable bonds is 4. The van der Waals surface area contributed by atoms with Gasteiger partial charge in [0.1, 0.15) is 5.75 Å². The highest BCUT2D eigenvalue weighted by Crippen LogP contribution is 2.23. The fraction of sp³-hybridized carbons (Fsp3) is 0.0769. The molecule has 7 heteroatoms. The van der Waals surface area contributed by atoms with Crippen molar-refractivity contribution in [3.8, 4) is 5.75 Å². The number of pyridine rings is 1. The van der Waals surface area contributed by atoms with Gasteiger partial charge in [-0.2, -0.15) is 8.78 Å². The molecule has 2 rings (SSSR count). The van der Waals surface area contributed by atoms with Crippen molar-refractivity contribution in [2.45, 2.75) is 6.61 Å². The summed E-state index contributed by atoms with van der Waals surface area (Å²) in [5, 5.41) is 2.68. The van der Waals surface area contributed by atoms with Gasteiger partial charge >= 0.3 is 6.61 Å². The molecular formula is C13H9ClF2N2O2. The second-order valence-electron chi connectivity index (χ2n) is 3.66. The van der Waals surface area contributed by atoms with E-state index in [-0.39, 0.29) is 22.2 Å². The summed E-state index contributed by atoms with van der Waals surface area (Å²) in [4.78, 5) is 15.9. The molecular weight excluding hydrogens is 290 g/mol. The van der Waals surface area contributed by atoms with Crippen LogP contribution in [-0.2, 0) is 0 Å². The van der Waals surface area contributed by atoms with E-state index in [1.54, 1.807) is 12.1 Å². The van der Waals surface area contributed by atoms with Crippen molar-refractivity contribution in [2.24, 2.45) is 0 Å². The molecule has 1 aromatic carbocycles. The van der Waals surface area contributed by atoms with Crippen LogP contribution in [0.25, 0.3) is 0 Å². The molecule has 1 amide bonds. The second-order valence-corrected chi connectivity index (χ2v) is 4.07. The van der Waals surface area contributed by atoms with Gasteiger partial charge in [-0.25, -0.2) is 4.98 Å². The standard InChI is InChI=1S/C13H9ClF2N2O2/c14-9-5-3-7-17-11(9)18-12(19)8-4-1-2-6-10(8)20-13(15)16/h1-7,13H,(H,17,18,19). The van der Waals surface area contributed by atoms with Gasteiger partial charge in [-0.05, 0) is 24.3 Å². The van der Waals surface area contributed by atoms with Crippen molar-refractivity contribution < 1.29 is 18.3 Å². The van der Waals surface area contributed by atoms with Gasteiger partial charge in [0, 0.05) is 6.20 Å². The number of benzene rings is 1. The Morgan fingerprint density at radius 1 is 1.25 bits per heavy atom. The van der Waals surface area contributed by atoms with Crippen LogP contribution in [-0.4, -0.2) is 17.5 Å². The number of alkyl halides is 2. The highest BCUT2D eigenvalue weighted by molar-refractivity contribution is 6.33. The highest BCUT2D eigenvalue weighted by atomic mass is 35.5. The summed E-state index contributed by atoms with van der Waals surface area (Å²) in [6.07, 6.45) is 1.45. The minimum Gasteiger partial charge on any atom is -0.434 e. The number of nitrogens with zero attached hydrogens (tertiary/aromatic N) is 1. The third-order valence-electron chi connectivity index (χ3n) is 2.34. The summed E-state index contributed by atoms with van der Waals surface area (Å²) in [6.45, 7) is -3.01. The molecule has 1 heterocycles. The zero-order valence-electron chi connectivity index (χ0n) is 10.0. The summed E-state index contributed by atoms with van der Waals surface area (Å²) >= 11 is 5.85. The average molecular weight is 299 g/mol. The Bertz CT molecular complexity index is 623. The molecule has 104 valence electrons. The number of ether oxygens (including phenoxy) is 1. The van der Waals surface area contributed by atoms with Crippen LogP contribution >= 0.6 is 11.6 Å². The Kier molecular flexibility index (Phi) is 4.47. The Morgan fingerprint density at radius 2 is 2.00 bits per heavy atom. The number of hydrogen-bond acceptors (Lipinski definition) is 3. The topological polar surface area (TPSA) is 51.2 Å². The van der Waals surface area contributed by atoms with Crippen LogP contribution in [0.3, 0.4) is 0 Å². The molecule has 0 bridgehead atoms. The van der Waals surface area contributed by atoms with Crippen LogP contribution in [0.1, 0.15) is 10.4 Å². The normalized spacial score (nSPS) is 10.4. The molecule has 2 aromatic rings. The first kappa shape index (κ1) is 14.2. The van der Waals surface area contributed by atoms with Gasteiger partial charge in [0.05, 0.1) is 10.6 Å². The second kappa shape index (κ2) is 6.29. The number of amides is 1. The lowest BCUT2D eigenvalue weighted by Gasteiger charge is -2.10. The molecule has 0 unspecified atom stereocenters. The van der Waals surface area contributed by atoms with E-state index in [0.717, 1.165) is 0 Å². The van der Waals surface area contributed by atoms with Gasteiger partial charge in [0.15, 0.2) is 5.82 Å². The van der Waals surface area contributed by atoms with E-state index in [4.69, 9.17) is 11.6 Å². The Balaban J connectivity index is 2.23. The van der Waals surface area contributed by atoms with E-state index in [1.807, 2.05) is 0 Å². The summed E-state index contributed by atoms with van der Waals surface area (Å²) in [6, 6.07) is 8.82. The maximum atomic E-state index is 12.3. The van der Waals surface area contributed by atoms with Crippen LogP contribution in [0.2, 0.25) is 5.02 Å². The highest BCUT2D eigenvalue weighted by Gasteiger charge is 2.16. The average Bonchev–Trinajstić information content (AvgIpc) is 2.41. The van der Waals surface area contributed by atoms with Crippen molar-refractivity contribution in [2.75, 3.05) is 5.32 Å². The van der Waals surface area contributed by atoms with E-state index in [0.29, 0.717) is 0 Å². The SMILES string of the molecule is O=C(Nc1ncccc1Cl)c1ccccc1OC(F)F. The quantitative estimate of drug-likeness (QED) is 0.938. The van der Waals surface area contributed by atoms with Crippen molar-refractivity contribution in [1.82, 2.24) is 4.98 Å². The van der Waals surface area contributed by atoms with Crippen LogP contribution in [0.15, 0.2) is 42.6 Å². The molecule has 0 aliphatic rings. The minimum absolute atomic E-state index is 0.0329. The van der Waals surface area contributed by atoms with Gasteiger partial charge in [-0.1, -0.05) is 23.7 Å². The maximum absolute atomic E-state index is 12.3. The largest absolute Gasteiger partial charge is 0.434 e. The van der Waals surface area contributed by atoms with Gasteiger partial charge < -0.3 is 10.1 Å². The van der Waals surface area contributed by atoms with E-state index in [9.17, 15) is 13.6 Å². The molecule has 1 aromatic heterocycles. The molecule has 0 radical (unpaired) electrons. The lowest BCUT2D eigenvalue weighted by Crippen LogP contribution is -2.15. The lowest BCUT2D eigenvalue weighted by atomic mass is 10.2. The number of halogens is 3. The summed E-state index contributed by atoms with van der Waals surface area (Å²) in [5.74, 6) is -0.708. The molecule has 0 saturated heterocycles. The zero-order valence-corrected chi connectivity index (χ0v) is 10.8. The fourth-order valence-corrected chi connectivity index (χ4v) is 1.67. The molecule has 0 atom stereocenters. The Labute approximate surface area is 118 Å². The fourth-order valence-electron chi connectivity index (χ4n) is 1.51. The van der Waals surface area contributed by atoms with Gasteiger partial charge in [0.2, 0.25) is 0 Å². The van der Waals surface area contributed by atoms with Crippen molar-refractivity contribution in [1.29, 1.82) is 0 Å². The minimum atomic E-state index is -3.01. The van der Waals surface area contributed by atoms with Crippen LogP contribution in [0, 0.1) is 0 Å². The van der Waals surface area contributed by atoms with Gasteiger partial charge in [-0.15, -0.1) is 0 Å². The van der Waals surface area contributed by atoms with Crippen LogP contribution in [0.4, 0.5) is 14.6 Å². The number of carbonyl (C=O) groups is 1. The molecule has 0 fully saturated rings. The van der Waals surface area contributed by atoms with E-state index in [2.05, 4.69) is 15.0 Å². The predicted octanol–water partition coefficient (Wildman–Crippen LogP) is 3.59. The molecule has 0 spiro atoms. The maximum Gasteiger partial charge on any atom is 0.387 e. The van der Waals surface area contributed by atoms with Crippen molar-refractivity contribution >= 4 is 23.3 Å². The predicted molar refractivity (Wildman–Crippen MR) is 70.3 cm³/mol. The molecule has 0 aliphatic heterocycles. The zero-order chi connectivity index (χ0) is 14.5. The molecule has 4 nitrogen and oxygen atoms in total. The van der Waals surface area contributed by atoms with E-state index < -0.39 is 12.5 Å². The summed E-state index contributed by atoms with van der Waals surface area (Å²) in [7, 11) is 0. The Morgan fingerprint density at radius 3 is 2.70 bits per heavy atom. The van der Waals surface area contributed by atoms with E-state index in [1.165, 1.54) is 30.5 Å². The van der Waals surface area contributed by atoms with Crippen LogP contribution in [0.5, 0.6) is 5.75 Å². The van der Waals surface area contributed by atoms with Gasteiger partial charge in [0.25, 0.3) is 5.91 Å². The van der Waals surface area contributed by atoms with Gasteiger partial charge in [-0.3, -0.25) is 4.79 Å². The first-order valence-corrected chi connectivity index (χ1v) is 5.91. The lowest BCUT2D eigenvalue weighted by molar-refractivity contribution is -0.0501. The smallest absolute Gasteiger partial charge is 0.387 e. The molecule has 20 heavy (non-hydrogen) atoms. The first-order valence-electron chi connectivity index (χ1n) is 5.53. The number of aromatic nitrogens is 1. The third kappa shape index (κ3) is 3.42. The monoisotopic (exact) mass is 298 g/mol. The van der Waals surface area contributed by atoms with Crippen molar-refractivity contribution in [3.63, 3.8) is 0 Å². The first-order chi connectivity index (χ1) is 9.58. The van der Waals surface area contributed by atoms with Crippen molar-refractivity contribution in [3.05, 3.63) is 53.2 Å². The molecule has 0 saturated carbocycles. The molecule has 1 N–H and O–H groups in total. The number of anilines is 1. The van der Waals surface area contributed by atoms with Crippen LogP contribution < -0.4 is 10.1 Å². The molecule has 0 aliphatic carbocycles. The number of nitrogens with one attached hydrogen (secondary N) is 1. The Hall–Kier alpha value is -2.21. The number of para-hydroxylation sites is 1. The number of hydrogen-bond donors (Lipinski definition) is 1. The third-order valence-corrected chi connectivity index (χ3v) is 2.64. The number of carbonyl (C=O) groups excluding carboxylic acids is 1.